The first-order chi connectivity index (χ1) is 10.2. The smallest absolute Gasteiger partial charge is 0.408 e. The maximum absolute atomic E-state index is 12.4. The molecule has 0 fully saturated rings. The van der Waals surface area contributed by atoms with Crippen LogP contribution in [0.25, 0.3) is 0 Å². The molecule has 0 aromatic heterocycles. The highest BCUT2D eigenvalue weighted by molar-refractivity contribution is 6.30. The molecule has 0 saturated heterocycles. The lowest BCUT2D eigenvalue weighted by Gasteiger charge is -2.23. The monoisotopic (exact) mass is 326 g/mol. The second-order valence-electron chi connectivity index (χ2n) is 6.02. The average Bonchev–Trinajstić information content (AvgIpc) is 2.49. The van der Waals surface area contributed by atoms with Crippen molar-refractivity contribution in [2.75, 3.05) is 18.6 Å². The van der Waals surface area contributed by atoms with E-state index in [1.807, 2.05) is 0 Å². The first-order valence-corrected chi connectivity index (χ1v) is 7.24. The summed E-state index contributed by atoms with van der Waals surface area (Å²) in [4.78, 5) is 25.7. The van der Waals surface area contributed by atoms with Crippen LogP contribution in [0.5, 0.6) is 5.75 Å². The predicted octanol–water partition coefficient (Wildman–Crippen LogP) is 2.59. The maximum Gasteiger partial charge on any atom is 0.408 e. The molecule has 1 heterocycles. The molecule has 0 saturated carbocycles. The Morgan fingerprint density at radius 3 is 2.77 bits per heavy atom. The minimum Gasteiger partial charge on any atom is -0.489 e. The highest BCUT2D eigenvalue weighted by Gasteiger charge is 2.31. The quantitative estimate of drug-likeness (QED) is 0.861. The standard InChI is InChI=1S/C15H19ClN2O4/c1-15(2,3)22-14(20)17-10-8-21-12-7-9(16)5-6-11(12)18(4)13(10)19/h5-7,10H,8H2,1-4H3,(H,17,20). The van der Waals surface area contributed by atoms with Gasteiger partial charge < -0.3 is 19.7 Å². The van der Waals surface area contributed by atoms with Crippen molar-refractivity contribution in [3.63, 3.8) is 0 Å². The van der Waals surface area contributed by atoms with Gasteiger partial charge in [0.2, 0.25) is 0 Å². The fourth-order valence-electron chi connectivity index (χ4n) is 2.03. The third kappa shape index (κ3) is 3.82. The molecule has 22 heavy (non-hydrogen) atoms. The summed E-state index contributed by atoms with van der Waals surface area (Å²) >= 11 is 5.93. The Morgan fingerprint density at radius 2 is 2.14 bits per heavy atom. The highest BCUT2D eigenvalue weighted by Crippen LogP contribution is 2.33. The highest BCUT2D eigenvalue weighted by atomic mass is 35.5. The van der Waals surface area contributed by atoms with Crippen LogP contribution in [0.1, 0.15) is 20.8 Å². The maximum atomic E-state index is 12.4. The molecule has 1 aromatic carbocycles. The summed E-state index contributed by atoms with van der Waals surface area (Å²) in [6.45, 7) is 5.27. The molecule has 2 amide bonds. The van der Waals surface area contributed by atoms with Crippen molar-refractivity contribution in [1.29, 1.82) is 0 Å². The van der Waals surface area contributed by atoms with E-state index in [1.165, 1.54) is 4.90 Å². The number of anilines is 1. The van der Waals surface area contributed by atoms with Crippen LogP contribution >= 0.6 is 11.6 Å². The van der Waals surface area contributed by atoms with Crippen molar-refractivity contribution in [1.82, 2.24) is 5.32 Å². The normalized spacial score (nSPS) is 18.1. The van der Waals surface area contributed by atoms with E-state index in [-0.39, 0.29) is 12.5 Å². The second-order valence-corrected chi connectivity index (χ2v) is 6.46. The van der Waals surface area contributed by atoms with E-state index < -0.39 is 17.7 Å². The van der Waals surface area contributed by atoms with Gasteiger partial charge in [0.1, 0.15) is 24.0 Å². The van der Waals surface area contributed by atoms with Crippen molar-refractivity contribution in [3.05, 3.63) is 23.2 Å². The van der Waals surface area contributed by atoms with Gasteiger partial charge in [-0.2, -0.15) is 0 Å². The zero-order valence-corrected chi connectivity index (χ0v) is 13.7. The number of hydrogen-bond acceptors (Lipinski definition) is 4. The van der Waals surface area contributed by atoms with E-state index in [1.54, 1.807) is 46.0 Å². The Morgan fingerprint density at radius 1 is 1.45 bits per heavy atom. The fraction of sp³-hybridized carbons (Fsp3) is 0.467. The van der Waals surface area contributed by atoms with E-state index in [4.69, 9.17) is 21.1 Å². The molecular formula is C15H19ClN2O4. The molecule has 1 aromatic rings. The Bertz CT molecular complexity index is 598. The molecule has 1 N–H and O–H groups in total. The van der Waals surface area contributed by atoms with Crippen LogP contribution < -0.4 is 15.0 Å². The van der Waals surface area contributed by atoms with E-state index in [0.29, 0.717) is 16.5 Å². The third-order valence-electron chi connectivity index (χ3n) is 3.01. The van der Waals surface area contributed by atoms with Gasteiger partial charge in [-0.3, -0.25) is 4.79 Å². The van der Waals surface area contributed by atoms with E-state index in [2.05, 4.69) is 5.32 Å². The summed E-state index contributed by atoms with van der Waals surface area (Å²) < 4.78 is 10.8. The summed E-state index contributed by atoms with van der Waals surface area (Å²) in [6, 6.07) is 4.18. The first kappa shape index (κ1) is 16.4. The number of amides is 2. The van der Waals surface area contributed by atoms with Crippen molar-refractivity contribution < 1.29 is 19.1 Å². The van der Waals surface area contributed by atoms with Crippen LogP contribution in [0.2, 0.25) is 5.02 Å². The summed E-state index contributed by atoms with van der Waals surface area (Å²) in [5.41, 5.74) is -0.0379. The number of nitrogens with one attached hydrogen (secondary N) is 1. The van der Waals surface area contributed by atoms with Crippen LogP contribution in [0, 0.1) is 0 Å². The second kappa shape index (κ2) is 6.04. The SMILES string of the molecule is CN1C(=O)C(NC(=O)OC(C)(C)C)COc2cc(Cl)ccc21. The molecule has 0 bridgehead atoms. The number of likely N-dealkylation sites (N-methyl/N-ethyl adjacent to an activating group) is 1. The van der Waals surface area contributed by atoms with Crippen LogP contribution in [0.15, 0.2) is 18.2 Å². The van der Waals surface area contributed by atoms with Crippen LogP contribution in [0.3, 0.4) is 0 Å². The number of fused-ring (bicyclic) bond motifs is 1. The van der Waals surface area contributed by atoms with E-state index in [9.17, 15) is 9.59 Å². The Balaban J connectivity index is 2.14. The number of alkyl carbamates (subject to hydrolysis) is 1. The molecular weight excluding hydrogens is 308 g/mol. The summed E-state index contributed by atoms with van der Waals surface area (Å²) in [6.07, 6.45) is -0.660. The first-order valence-electron chi connectivity index (χ1n) is 6.87. The Labute approximate surface area is 134 Å². The van der Waals surface area contributed by atoms with Crippen LogP contribution in [-0.2, 0) is 9.53 Å². The lowest BCUT2D eigenvalue weighted by molar-refractivity contribution is -0.120. The van der Waals surface area contributed by atoms with Crippen molar-refractivity contribution in [2.45, 2.75) is 32.4 Å². The Kier molecular flexibility index (Phi) is 4.51. The van der Waals surface area contributed by atoms with E-state index >= 15 is 0 Å². The summed E-state index contributed by atoms with van der Waals surface area (Å²) in [5.74, 6) is 0.212. The Hall–Kier alpha value is -1.95. The summed E-state index contributed by atoms with van der Waals surface area (Å²) in [5, 5.41) is 3.05. The number of carbonyl (C=O) groups excluding carboxylic acids is 2. The molecule has 1 aliphatic heterocycles. The molecule has 1 unspecified atom stereocenters. The lowest BCUT2D eigenvalue weighted by atomic mass is 10.2. The van der Waals surface area contributed by atoms with Crippen molar-refractivity contribution in [3.8, 4) is 5.75 Å². The van der Waals surface area contributed by atoms with Crippen LogP contribution in [0.4, 0.5) is 10.5 Å². The molecule has 1 aliphatic rings. The third-order valence-corrected chi connectivity index (χ3v) is 3.24. The van der Waals surface area contributed by atoms with Crippen LogP contribution in [-0.4, -0.2) is 37.3 Å². The molecule has 0 radical (unpaired) electrons. The minimum atomic E-state index is -0.828. The van der Waals surface area contributed by atoms with Gasteiger partial charge in [-0.25, -0.2) is 4.79 Å². The lowest BCUT2D eigenvalue weighted by Crippen LogP contribution is -2.50. The van der Waals surface area contributed by atoms with Gasteiger partial charge in [0.25, 0.3) is 5.91 Å². The minimum absolute atomic E-state index is 0.00968. The van der Waals surface area contributed by atoms with Gasteiger partial charge in [-0.15, -0.1) is 0 Å². The van der Waals surface area contributed by atoms with Gasteiger partial charge in [0.15, 0.2) is 0 Å². The number of ether oxygens (including phenoxy) is 2. The molecule has 2 rings (SSSR count). The molecule has 1 atom stereocenters. The van der Waals surface area contributed by atoms with Crippen molar-refractivity contribution in [2.24, 2.45) is 0 Å². The number of benzene rings is 1. The zero-order chi connectivity index (χ0) is 16.5. The van der Waals surface area contributed by atoms with Gasteiger partial charge in [-0.1, -0.05) is 11.6 Å². The number of hydrogen-bond donors (Lipinski definition) is 1. The van der Waals surface area contributed by atoms with E-state index in [0.717, 1.165) is 0 Å². The zero-order valence-electron chi connectivity index (χ0n) is 13.0. The van der Waals surface area contributed by atoms with Gasteiger partial charge in [-0.05, 0) is 32.9 Å². The number of halogens is 1. The van der Waals surface area contributed by atoms with Gasteiger partial charge in [0.05, 0.1) is 5.69 Å². The fourth-order valence-corrected chi connectivity index (χ4v) is 2.19. The topological polar surface area (TPSA) is 67.9 Å². The largest absolute Gasteiger partial charge is 0.489 e. The van der Waals surface area contributed by atoms with Gasteiger partial charge in [0, 0.05) is 18.1 Å². The molecule has 0 aliphatic carbocycles. The van der Waals surface area contributed by atoms with Crippen molar-refractivity contribution >= 4 is 29.3 Å². The average molecular weight is 327 g/mol. The van der Waals surface area contributed by atoms with Gasteiger partial charge >= 0.3 is 6.09 Å². The number of rotatable bonds is 1. The molecule has 7 heteroatoms. The molecule has 6 nitrogen and oxygen atoms in total. The molecule has 0 spiro atoms. The number of carbonyl (C=O) groups is 2. The summed E-state index contributed by atoms with van der Waals surface area (Å²) in [7, 11) is 1.62. The predicted molar refractivity (Wildman–Crippen MR) is 83.5 cm³/mol. The number of nitrogens with zero attached hydrogens (tertiary/aromatic N) is 1. The molecule has 120 valence electrons.